The number of benzene rings is 1. The zero-order valence-corrected chi connectivity index (χ0v) is 10.7. The molecule has 2 heteroatoms. The molecule has 15 heavy (non-hydrogen) atoms. The van der Waals surface area contributed by atoms with Gasteiger partial charge in [-0.2, -0.15) is 0 Å². The molecule has 0 amide bonds. The van der Waals surface area contributed by atoms with Crippen molar-refractivity contribution in [1.29, 1.82) is 0 Å². The number of halogens is 1. The van der Waals surface area contributed by atoms with Crippen LogP contribution in [0.5, 0.6) is 0 Å². The van der Waals surface area contributed by atoms with Crippen LogP contribution in [0.3, 0.4) is 0 Å². The number of aryl methyl sites for hydroxylation is 1. The van der Waals surface area contributed by atoms with Gasteiger partial charge in [0.15, 0.2) is 0 Å². The fourth-order valence-electron chi connectivity index (χ4n) is 2.20. The van der Waals surface area contributed by atoms with Crippen molar-refractivity contribution < 1.29 is 4.74 Å². The lowest BCUT2D eigenvalue weighted by molar-refractivity contribution is 0.0258. The molecule has 82 valence electrons. The van der Waals surface area contributed by atoms with E-state index in [0.29, 0.717) is 0 Å². The molecule has 1 atom stereocenters. The van der Waals surface area contributed by atoms with Gasteiger partial charge in [0, 0.05) is 18.4 Å². The van der Waals surface area contributed by atoms with Crippen LogP contribution < -0.4 is 0 Å². The van der Waals surface area contributed by atoms with Crippen molar-refractivity contribution in [3.05, 3.63) is 35.4 Å². The van der Waals surface area contributed by atoms with E-state index in [1.807, 2.05) is 0 Å². The van der Waals surface area contributed by atoms with Crippen LogP contribution in [-0.2, 0) is 11.2 Å². The summed E-state index contributed by atoms with van der Waals surface area (Å²) in [5.74, 6) is 0. The molecule has 0 spiro atoms. The number of hydrogen-bond donors (Lipinski definition) is 0. The number of ether oxygens (including phenoxy) is 1. The van der Waals surface area contributed by atoms with E-state index in [1.165, 1.54) is 24.0 Å². The molecule has 1 saturated heterocycles. The summed E-state index contributed by atoms with van der Waals surface area (Å²) in [4.78, 5) is 0. The van der Waals surface area contributed by atoms with Gasteiger partial charge in [-0.25, -0.2) is 0 Å². The maximum absolute atomic E-state index is 5.90. The topological polar surface area (TPSA) is 9.23 Å². The Labute approximate surface area is 100.0 Å². The monoisotopic (exact) mass is 268 g/mol. The molecule has 1 nitrogen and oxygen atoms in total. The molecule has 0 saturated carbocycles. The second-order valence-electron chi connectivity index (χ2n) is 4.37. The number of alkyl halides is 1. The largest absolute Gasteiger partial charge is 0.374 e. The van der Waals surface area contributed by atoms with Crippen molar-refractivity contribution in [3.63, 3.8) is 0 Å². The molecule has 1 fully saturated rings. The second kappa shape index (κ2) is 4.67. The first-order valence-corrected chi connectivity index (χ1v) is 6.62. The maximum atomic E-state index is 5.90. The lowest BCUT2D eigenvalue weighted by Gasteiger charge is -2.26. The van der Waals surface area contributed by atoms with Crippen LogP contribution in [0.1, 0.15) is 24.0 Å². The van der Waals surface area contributed by atoms with Crippen molar-refractivity contribution >= 4 is 15.9 Å². The van der Waals surface area contributed by atoms with Gasteiger partial charge in [-0.3, -0.25) is 0 Å². The van der Waals surface area contributed by atoms with Gasteiger partial charge in [0.25, 0.3) is 0 Å². The minimum absolute atomic E-state index is 0.0477. The Balaban J connectivity index is 2.16. The minimum Gasteiger partial charge on any atom is -0.374 e. The van der Waals surface area contributed by atoms with Crippen molar-refractivity contribution in [1.82, 2.24) is 0 Å². The first-order valence-electron chi connectivity index (χ1n) is 5.50. The predicted octanol–water partition coefficient (Wildman–Crippen LogP) is 3.48. The SMILES string of the molecule is Cc1ccccc1CC1(CBr)CCCO1. The third-order valence-corrected chi connectivity index (χ3v) is 4.22. The highest BCUT2D eigenvalue weighted by Crippen LogP contribution is 2.32. The molecular weight excluding hydrogens is 252 g/mol. The van der Waals surface area contributed by atoms with Crippen molar-refractivity contribution in [2.45, 2.75) is 31.8 Å². The quantitative estimate of drug-likeness (QED) is 0.763. The average molecular weight is 269 g/mol. The molecule has 2 rings (SSSR count). The van der Waals surface area contributed by atoms with Gasteiger partial charge in [0.2, 0.25) is 0 Å². The smallest absolute Gasteiger partial charge is 0.0819 e. The van der Waals surface area contributed by atoms with Crippen LogP contribution in [0, 0.1) is 6.92 Å². The summed E-state index contributed by atoms with van der Waals surface area (Å²) in [6.45, 7) is 3.09. The van der Waals surface area contributed by atoms with Gasteiger partial charge >= 0.3 is 0 Å². The van der Waals surface area contributed by atoms with Gasteiger partial charge in [-0.1, -0.05) is 40.2 Å². The summed E-state index contributed by atoms with van der Waals surface area (Å²) >= 11 is 3.59. The number of rotatable bonds is 3. The molecule has 0 aliphatic carbocycles. The van der Waals surface area contributed by atoms with Gasteiger partial charge < -0.3 is 4.74 Å². The molecule has 0 aromatic heterocycles. The average Bonchev–Trinajstić information content (AvgIpc) is 2.71. The predicted molar refractivity (Wildman–Crippen MR) is 66.6 cm³/mol. The summed E-state index contributed by atoms with van der Waals surface area (Å²) < 4.78 is 5.90. The third-order valence-electron chi connectivity index (χ3n) is 3.20. The second-order valence-corrected chi connectivity index (χ2v) is 4.93. The zero-order valence-electron chi connectivity index (χ0n) is 9.13. The number of hydrogen-bond acceptors (Lipinski definition) is 1. The highest BCUT2D eigenvalue weighted by Gasteiger charge is 2.34. The highest BCUT2D eigenvalue weighted by molar-refractivity contribution is 9.09. The van der Waals surface area contributed by atoms with E-state index >= 15 is 0 Å². The van der Waals surface area contributed by atoms with Crippen LogP contribution in [0.15, 0.2) is 24.3 Å². The van der Waals surface area contributed by atoms with Crippen LogP contribution in [0.2, 0.25) is 0 Å². The Hall–Kier alpha value is -0.340. The third kappa shape index (κ3) is 2.43. The summed E-state index contributed by atoms with van der Waals surface area (Å²) in [5, 5.41) is 0.939. The fourth-order valence-corrected chi connectivity index (χ4v) is 2.84. The molecule has 0 bridgehead atoms. The molecule has 1 unspecified atom stereocenters. The Morgan fingerprint density at radius 1 is 1.40 bits per heavy atom. The van der Waals surface area contributed by atoms with E-state index in [0.717, 1.165) is 18.4 Å². The molecule has 1 heterocycles. The lowest BCUT2D eigenvalue weighted by Crippen LogP contribution is -2.32. The van der Waals surface area contributed by atoms with E-state index in [-0.39, 0.29) is 5.60 Å². The Morgan fingerprint density at radius 2 is 2.20 bits per heavy atom. The zero-order chi connectivity index (χ0) is 10.7. The Bertz CT molecular complexity index is 329. The van der Waals surface area contributed by atoms with Crippen LogP contribution in [0.25, 0.3) is 0 Å². The van der Waals surface area contributed by atoms with Crippen molar-refractivity contribution in [3.8, 4) is 0 Å². The van der Waals surface area contributed by atoms with E-state index in [1.54, 1.807) is 0 Å². The maximum Gasteiger partial charge on any atom is 0.0819 e. The molecular formula is C13H17BrO. The highest BCUT2D eigenvalue weighted by atomic mass is 79.9. The standard InChI is InChI=1S/C13H17BrO/c1-11-5-2-3-6-12(11)9-13(10-14)7-4-8-15-13/h2-3,5-6H,4,7-10H2,1H3. The first kappa shape index (κ1) is 11.2. The van der Waals surface area contributed by atoms with Crippen molar-refractivity contribution in [2.24, 2.45) is 0 Å². The lowest BCUT2D eigenvalue weighted by atomic mass is 9.91. The van der Waals surface area contributed by atoms with E-state index in [2.05, 4.69) is 47.1 Å². The minimum atomic E-state index is 0.0477. The first-order chi connectivity index (χ1) is 7.26. The van der Waals surface area contributed by atoms with Gasteiger partial charge in [-0.05, 0) is 30.9 Å². The Morgan fingerprint density at radius 3 is 2.80 bits per heavy atom. The summed E-state index contributed by atoms with van der Waals surface area (Å²) in [6, 6.07) is 8.59. The van der Waals surface area contributed by atoms with E-state index < -0.39 is 0 Å². The molecule has 1 aromatic rings. The van der Waals surface area contributed by atoms with E-state index in [9.17, 15) is 0 Å². The van der Waals surface area contributed by atoms with Gasteiger partial charge in [0.05, 0.1) is 5.60 Å². The summed E-state index contributed by atoms with van der Waals surface area (Å²) in [5.41, 5.74) is 2.83. The van der Waals surface area contributed by atoms with Gasteiger partial charge in [-0.15, -0.1) is 0 Å². The van der Waals surface area contributed by atoms with Crippen molar-refractivity contribution in [2.75, 3.05) is 11.9 Å². The molecule has 0 N–H and O–H groups in total. The molecule has 0 radical (unpaired) electrons. The fraction of sp³-hybridized carbons (Fsp3) is 0.538. The van der Waals surface area contributed by atoms with Crippen LogP contribution in [0.4, 0.5) is 0 Å². The van der Waals surface area contributed by atoms with Crippen LogP contribution in [-0.4, -0.2) is 17.5 Å². The van der Waals surface area contributed by atoms with Crippen LogP contribution >= 0.6 is 15.9 Å². The van der Waals surface area contributed by atoms with E-state index in [4.69, 9.17) is 4.74 Å². The molecule has 1 aliphatic heterocycles. The Kier molecular flexibility index (Phi) is 3.47. The normalized spacial score (nSPS) is 25.7. The van der Waals surface area contributed by atoms with Gasteiger partial charge in [0.1, 0.15) is 0 Å². The summed E-state index contributed by atoms with van der Waals surface area (Å²) in [7, 11) is 0. The summed E-state index contributed by atoms with van der Waals surface area (Å²) in [6.07, 6.45) is 3.40. The molecule has 1 aromatic carbocycles. The molecule has 1 aliphatic rings.